The number of phenols is 2. The summed E-state index contributed by atoms with van der Waals surface area (Å²) >= 11 is 0. The average molecular weight is 233 g/mol. The van der Waals surface area contributed by atoms with Crippen LogP contribution in [-0.2, 0) is 13.1 Å². The fourth-order valence-corrected chi connectivity index (χ4v) is 1.55. The van der Waals surface area contributed by atoms with Crippen molar-refractivity contribution in [1.82, 2.24) is 15.1 Å². The number of rotatable bonds is 5. The lowest BCUT2D eigenvalue weighted by atomic mass is 10.2. The smallest absolute Gasteiger partial charge is 0.123 e. The second kappa shape index (κ2) is 5.36. The van der Waals surface area contributed by atoms with Gasteiger partial charge in [-0.25, -0.2) is 0 Å². The molecule has 5 nitrogen and oxygen atoms in total. The van der Waals surface area contributed by atoms with Crippen molar-refractivity contribution < 1.29 is 10.2 Å². The van der Waals surface area contributed by atoms with E-state index in [1.165, 1.54) is 6.07 Å². The maximum atomic E-state index is 9.56. The molecule has 0 aliphatic rings. The lowest BCUT2D eigenvalue weighted by molar-refractivity contribution is 0.443. The molecule has 5 heteroatoms. The first-order valence-corrected chi connectivity index (χ1v) is 5.45. The van der Waals surface area contributed by atoms with Crippen molar-refractivity contribution in [3.8, 4) is 11.5 Å². The van der Waals surface area contributed by atoms with E-state index in [2.05, 4.69) is 10.4 Å². The van der Waals surface area contributed by atoms with E-state index in [9.17, 15) is 5.11 Å². The molecule has 0 saturated carbocycles. The van der Waals surface area contributed by atoms with Gasteiger partial charge in [0, 0.05) is 37.1 Å². The van der Waals surface area contributed by atoms with Crippen molar-refractivity contribution in [3.05, 3.63) is 42.2 Å². The maximum absolute atomic E-state index is 9.56. The number of phenolic OH excluding ortho intramolecular Hbond substituents is 2. The van der Waals surface area contributed by atoms with Crippen LogP contribution < -0.4 is 5.32 Å². The third kappa shape index (κ3) is 3.22. The predicted molar refractivity (Wildman–Crippen MR) is 63.7 cm³/mol. The molecule has 0 unspecified atom stereocenters. The molecule has 2 aromatic rings. The Morgan fingerprint density at radius 2 is 2.18 bits per heavy atom. The molecule has 0 saturated heterocycles. The van der Waals surface area contributed by atoms with Gasteiger partial charge in [-0.05, 0) is 12.1 Å². The van der Waals surface area contributed by atoms with Crippen LogP contribution in [0.1, 0.15) is 5.56 Å². The summed E-state index contributed by atoms with van der Waals surface area (Å²) in [6.07, 6.45) is 3.64. The molecular weight excluding hydrogens is 218 g/mol. The Kier molecular flexibility index (Phi) is 3.62. The van der Waals surface area contributed by atoms with E-state index in [-0.39, 0.29) is 11.5 Å². The number of hydrogen-bond acceptors (Lipinski definition) is 4. The van der Waals surface area contributed by atoms with Crippen LogP contribution in [0.5, 0.6) is 11.5 Å². The molecule has 0 bridgehead atoms. The normalized spacial score (nSPS) is 10.6. The van der Waals surface area contributed by atoms with E-state index in [0.717, 1.165) is 18.7 Å². The standard InChI is InChI=1S/C12H15N3O2/c16-11-3-2-10(12(17)8-11)9-13-5-7-15-6-1-4-14-15/h1-4,6,8,13,16-17H,5,7,9H2. The van der Waals surface area contributed by atoms with Crippen molar-refractivity contribution in [3.63, 3.8) is 0 Å². The lowest BCUT2D eigenvalue weighted by Crippen LogP contribution is -2.19. The summed E-state index contributed by atoms with van der Waals surface area (Å²) in [7, 11) is 0. The van der Waals surface area contributed by atoms with Crippen LogP contribution in [-0.4, -0.2) is 26.5 Å². The molecule has 17 heavy (non-hydrogen) atoms. The van der Waals surface area contributed by atoms with E-state index in [1.54, 1.807) is 18.3 Å². The number of hydrogen-bond donors (Lipinski definition) is 3. The van der Waals surface area contributed by atoms with E-state index >= 15 is 0 Å². The Bertz CT molecular complexity index is 469. The zero-order valence-corrected chi connectivity index (χ0v) is 9.37. The highest BCUT2D eigenvalue weighted by Gasteiger charge is 2.01. The summed E-state index contributed by atoms with van der Waals surface area (Å²) in [6, 6.07) is 6.48. The molecule has 1 heterocycles. The zero-order valence-electron chi connectivity index (χ0n) is 9.37. The molecule has 3 N–H and O–H groups in total. The van der Waals surface area contributed by atoms with Gasteiger partial charge in [-0.15, -0.1) is 0 Å². The largest absolute Gasteiger partial charge is 0.508 e. The number of aromatic nitrogens is 2. The highest BCUT2D eigenvalue weighted by molar-refractivity contribution is 5.38. The number of nitrogens with one attached hydrogen (secondary N) is 1. The highest BCUT2D eigenvalue weighted by atomic mass is 16.3. The fourth-order valence-electron chi connectivity index (χ4n) is 1.55. The fraction of sp³-hybridized carbons (Fsp3) is 0.250. The van der Waals surface area contributed by atoms with Crippen LogP contribution in [0.3, 0.4) is 0 Å². The van der Waals surface area contributed by atoms with Gasteiger partial charge in [0.15, 0.2) is 0 Å². The first kappa shape index (κ1) is 11.5. The minimum Gasteiger partial charge on any atom is -0.508 e. The van der Waals surface area contributed by atoms with Gasteiger partial charge in [0.05, 0.1) is 6.54 Å². The summed E-state index contributed by atoms with van der Waals surface area (Å²) < 4.78 is 1.84. The minimum absolute atomic E-state index is 0.0720. The topological polar surface area (TPSA) is 70.3 Å². The molecule has 0 amide bonds. The van der Waals surface area contributed by atoms with E-state index in [1.807, 2.05) is 16.9 Å². The molecule has 2 rings (SSSR count). The molecule has 0 atom stereocenters. The van der Waals surface area contributed by atoms with Crippen molar-refractivity contribution in [2.24, 2.45) is 0 Å². The highest BCUT2D eigenvalue weighted by Crippen LogP contribution is 2.21. The number of benzene rings is 1. The molecule has 0 fully saturated rings. The van der Waals surface area contributed by atoms with Crippen molar-refractivity contribution >= 4 is 0 Å². The van der Waals surface area contributed by atoms with Crippen molar-refractivity contribution in [1.29, 1.82) is 0 Å². The Morgan fingerprint density at radius 3 is 2.88 bits per heavy atom. The van der Waals surface area contributed by atoms with Crippen LogP contribution in [0.25, 0.3) is 0 Å². The van der Waals surface area contributed by atoms with Gasteiger partial charge >= 0.3 is 0 Å². The van der Waals surface area contributed by atoms with Gasteiger partial charge in [0.25, 0.3) is 0 Å². The van der Waals surface area contributed by atoms with Crippen LogP contribution in [0.15, 0.2) is 36.7 Å². The second-order valence-electron chi connectivity index (χ2n) is 3.76. The molecular formula is C12H15N3O2. The van der Waals surface area contributed by atoms with Gasteiger partial charge in [-0.2, -0.15) is 5.10 Å². The quantitative estimate of drug-likeness (QED) is 0.676. The van der Waals surface area contributed by atoms with E-state index in [4.69, 9.17) is 5.11 Å². The molecule has 0 radical (unpaired) electrons. The van der Waals surface area contributed by atoms with Crippen LogP contribution in [0, 0.1) is 0 Å². The average Bonchev–Trinajstić information content (AvgIpc) is 2.79. The monoisotopic (exact) mass is 233 g/mol. The third-order valence-corrected chi connectivity index (χ3v) is 2.46. The van der Waals surface area contributed by atoms with Gasteiger partial charge in [0.2, 0.25) is 0 Å². The second-order valence-corrected chi connectivity index (χ2v) is 3.76. The number of nitrogens with zero attached hydrogens (tertiary/aromatic N) is 2. The van der Waals surface area contributed by atoms with Crippen LogP contribution in [0.2, 0.25) is 0 Å². The Hall–Kier alpha value is -2.01. The lowest BCUT2D eigenvalue weighted by Gasteiger charge is -2.07. The summed E-state index contributed by atoms with van der Waals surface area (Å²) in [5.74, 6) is 0.180. The molecule has 0 aliphatic heterocycles. The molecule has 1 aromatic heterocycles. The third-order valence-electron chi connectivity index (χ3n) is 2.46. The molecule has 90 valence electrons. The van der Waals surface area contributed by atoms with Gasteiger partial charge in [0.1, 0.15) is 11.5 Å². The predicted octanol–water partition coefficient (Wildman–Crippen LogP) is 1.08. The molecule has 1 aromatic carbocycles. The first-order chi connectivity index (χ1) is 8.25. The van der Waals surface area contributed by atoms with Gasteiger partial charge in [-0.1, -0.05) is 6.07 Å². The summed E-state index contributed by atoms with van der Waals surface area (Å²) in [4.78, 5) is 0. The summed E-state index contributed by atoms with van der Waals surface area (Å²) in [5, 5.41) is 26.0. The SMILES string of the molecule is Oc1ccc(CNCCn2cccn2)c(O)c1. The number of aromatic hydroxyl groups is 2. The van der Waals surface area contributed by atoms with Gasteiger partial charge in [-0.3, -0.25) is 4.68 Å². The summed E-state index contributed by atoms with van der Waals surface area (Å²) in [5.41, 5.74) is 0.767. The van der Waals surface area contributed by atoms with Crippen LogP contribution in [0.4, 0.5) is 0 Å². The minimum atomic E-state index is 0.0720. The van der Waals surface area contributed by atoms with E-state index in [0.29, 0.717) is 6.54 Å². The Balaban J connectivity index is 1.78. The summed E-state index contributed by atoms with van der Waals surface area (Å²) in [6.45, 7) is 2.11. The molecule has 0 spiro atoms. The zero-order chi connectivity index (χ0) is 12.1. The first-order valence-electron chi connectivity index (χ1n) is 5.45. The van der Waals surface area contributed by atoms with E-state index < -0.39 is 0 Å². The van der Waals surface area contributed by atoms with Crippen molar-refractivity contribution in [2.45, 2.75) is 13.1 Å². The maximum Gasteiger partial charge on any atom is 0.123 e. The van der Waals surface area contributed by atoms with Crippen LogP contribution >= 0.6 is 0 Å². The van der Waals surface area contributed by atoms with Crippen molar-refractivity contribution in [2.75, 3.05) is 6.54 Å². The van der Waals surface area contributed by atoms with Gasteiger partial charge < -0.3 is 15.5 Å². The Morgan fingerprint density at radius 1 is 1.29 bits per heavy atom. The molecule has 0 aliphatic carbocycles. The Labute approximate surface area is 99.3 Å².